The molecular formula is C11H7Cl3N2O3. The smallest absolute Gasteiger partial charge is 0.356 e. The van der Waals surface area contributed by atoms with Gasteiger partial charge in [0.05, 0.1) is 12.0 Å². The lowest BCUT2D eigenvalue weighted by Crippen LogP contribution is -2.09. The summed E-state index contributed by atoms with van der Waals surface area (Å²) < 4.78 is 0. The van der Waals surface area contributed by atoms with Gasteiger partial charge in [0, 0.05) is 20.6 Å². The summed E-state index contributed by atoms with van der Waals surface area (Å²) in [7, 11) is 0. The summed E-state index contributed by atoms with van der Waals surface area (Å²) in [4.78, 5) is 17.1. The van der Waals surface area contributed by atoms with Crippen LogP contribution >= 0.6 is 34.8 Å². The van der Waals surface area contributed by atoms with Gasteiger partial charge in [0.25, 0.3) is 0 Å². The average Bonchev–Trinajstić information content (AvgIpc) is 2.75. The van der Waals surface area contributed by atoms with Gasteiger partial charge in [-0.15, -0.1) is 0 Å². The van der Waals surface area contributed by atoms with Crippen molar-refractivity contribution in [3.8, 4) is 0 Å². The normalized spacial score (nSPS) is 12.4. The van der Waals surface area contributed by atoms with Crippen LogP contribution in [0.1, 0.15) is 27.8 Å². The van der Waals surface area contributed by atoms with E-state index in [0.29, 0.717) is 5.02 Å². The minimum atomic E-state index is -1.34. The molecule has 0 radical (unpaired) electrons. The number of nitrogens with zero attached hydrogens (tertiary/aromatic N) is 1. The highest BCUT2D eigenvalue weighted by Gasteiger charge is 2.25. The number of aliphatic hydroxyl groups excluding tert-OH is 1. The van der Waals surface area contributed by atoms with Crippen molar-refractivity contribution in [1.29, 1.82) is 0 Å². The molecule has 8 heteroatoms. The molecule has 1 aromatic heterocycles. The van der Waals surface area contributed by atoms with Crippen LogP contribution in [0, 0.1) is 0 Å². The lowest BCUT2D eigenvalue weighted by Gasteiger charge is -2.14. The molecule has 1 aromatic carbocycles. The van der Waals surface area contributed by atoms with E-state index < -0.39 is 12.1 Å². The van der Waals surface area contributed by atoms with Crippen LogP contribution in [0.3, 0.4) is 0 Å². The number of imidazole rings is 1. The predicted molar refractivity (Wildman–Crippen MR) is 71.1 cm³/mol. The van der Waals surface area contributed by atoms with Crippen molar-refractivity contribution in [3.05, 3.63) is 50.5 Å². The molecule has 19 heavy (non-hydrogen) atoms. The highest BCUT2D eigenvalue weighted by atomic mass is 35.5. The van der Waals surface area contributed by atoms with Gasteiger partial charge in [-0.1, -0.05) is 34.8 Å². The third-order valence-corrected chi connectivity index (χ3v) is 3.31. The van der Waals surface area contributed by atoms with Gasteiger partial charge >= 0.3 is 5.97 Å². The van der Waals surface area contributed by atoms with Crippen LogP contribution in [0.4, 0.5) is 0 Å². The van der Waals surface area contributed by atoms with E-state index >= 15 is 0 Å². The van der Waals surface area contributed by atoms with Gasteiger partial charge in [-0.3, -0.25) is 0 Å². The second kappa shape index (κ2) is 5.38. The molecule has 2 rings (SSSR count). The molecule has 0 amide bonds. The Morgan fingerprint density at radius 2 is 1.84 bits per heavy atom. The van der Waals surface area contributed by atoms with Gasteiger partial charge < -0.3 is 15.2 Å². The minimum Gasteiger partial charge on any atom is -0.476 e. The largest absolute Gasteiger partial charge is 0.476 e. The number of carbonyl (C=O) groups is 1. The summed E-state index contributed by atoms with van der Waals surface area (Å²) in [6.45, 7) is 0. The molecule has 0 saturated heterocycles. The highest BCUT2D eigenvalue weighted by Crippen LogP contribution is 2.36. The number of aromatic nitrogens is 2. The van der Waals surface area contributed by atoms with E-state index in [2.05, 4.69) is 9.97 Å². The number of hydrogen-bond acceptors (Lipinski definition) is 3. The van der Waals surface area contributed by atoms with Gasteiger partial charge in [0.2, 0.25) is 0 Å². The standard InChI is InChI=1S/C11H7Cl3N2O3/c12-4-1-5(13)7(6(14)2-4)10(17)8-9(11(18)19)16-3-15-8/h1-3,10,17H,(H,15,16)(H,18,19). The summed E-state index contributed by atoms with van der Waals surface area (Å²) in [6, 6.07) is 2.81. The van der Waals surface area contributed by atoms with Crippen molar-refractivity contribution in [2.24, 2.45) is 0 Å². The third-order valence-electron chi connectivity index (χ3n) is 2.46. The summed E-state index contributed by atoms with van der Waals surface area (Å²) in [5, 5.41) is 19.8. The van der Waals surface area contributed by atoms with Gasteiger partial charge in [-0.05, 0) is 12.1 Å². The van der Waals surface area contributed by atoms with Gasteiger partial charge in [0.15, 0.2) is 5.69 Å². The monoisotopic (exact) mass is 320 g/mol. The quantitative estimate of drug-likeness (QED) is 0.810. The lowest BCUT2D eigenvalue weighted by molar-refractivity contribution is 0.0685. The van der Waals surface area contributed by atoms with E-state index in [1.165, 1.54) is 18.5 Å². The number of rotatable bonds is 3. The van der Waals surface area contributed by atoms with Crippen LogP contribution < -0.4 is 0 Å². The fourth-order valence-corrected chi connectivity index (χ4v) is 2.67. The maximum atomic E-state index is 11.0. The zero-order valence-electron chi connectivity index (χ0n) is 9.19. The molecule has 1 heterocycles. The fourth-order valence-electron chi connectivity index (χ4n) is 1.64. The molecule has 0 spiro atoms. The summed E-state index contributed by atoms with van der Waals surface area (Å²) in [6.07, 6.45) is -0.175. The number of aromatic amines is 1. The van der Waals surface area contributed by atoms with Gasteiger partial charge in [-0.25, -0.2) is 9.78 Å². The number of carboxylic acid groups (broad SMARTS) is 1. The molecule has 1 unspecified atom stereocenters. The first-order chi connectivity index (χ1) is 8.91. The van der Waals surface area contributed by atoms with Crippen molar-refractivity contribution in [2.75, 3.05) is 0 Å². The number of benzene rings is 1. The third kappa shape index (κ3) is 2.69. The zero-order valence-corrected chi connectivity index (χ0v) is 11.5. The lowest BCUT2D eigenvalue weighted by atomic mass is 10.0. The highest BCUT2D eigenvalue weighted by molar-refractivity contribution is 6.39. The Hall–Kier alpha value is -1.27. The zero-order chi connectivity index (χ0) is 14.2. The van der Waals surface area contributed by atoms with Crippen molar-refractivity contribution >= 4 is 40.8 Å². The van der Waals surface area contributed by atoms with E-state index in [9.17, 15) is 9.90 Å². The first-order valence-corrected chi connectivity index (χ1v) is 6.14. The predicted octanol–water partition coefficient (Wildman–Crippen LogP) is 3.15. The van der Waals surface area contributed by atoms with Crippen LogP contribution in [-0.4, -0.2) is 26.2 Å². The molecular weight excluding hydrogens is 314 g/mol. The van der Waals surface area contributed by atoms with E-state index in [0.717, 1.165) is 0 Å². The Kier molecular flexibility index (Phi) is 4.01. The Morgan fingerprint density at radius 1 is 1.26 bits per heavy atom. The second-order valence-electron chi connectivity index (χ2n) is 3.66. The molecule has 0 fully saturated rings. The van der Waals surface area contributed by atoms with E-state index in [4.69, 9.17) is 39.9 Å². The van der Waals surface area contributed by atoms with Crippen LogP contribution in [0.5, 0.6) is 0 Å². The minimum absolute atomic E-state index is 0.00128. The maximum Gasteiger partial charge on any atom is 0.356 e. The number of hydrogen-bond donors (Lipinski definition) is 3. The molecule has 0 aliphatic rings. The van der Waals surface area contributed by atoms with Crippen molar-refractivity contribution in [1.82, 2.24) is 9.97 Å². The van der Waals surface area contributed by atoms with E-state index in [1.807, 2.05) is 0 Å². The van der Waals surface area contributed by atoms with Gasteiger partial charge in [-0.2, -0.15) is 0 Å². The molecule has 0 aliphatic heterocycles. The van der Waals surface area contributed by atoms with Gasteiger partial charge in [0.1, 0.15) is 6.10 Å². The second-order valence-corrected chi connectivity index (χ2v) is 4.91. The Labute approximate surface area is 122 Å². The number of nitrogens with one attached hydrogen (secondary N) is 1. The molecule has 0 aliphatic carbocycles. The van der Waals surface area contributed by atoms with E-state index in [1.54, 1.807) is 0 Å². The number of H-pyrrole nitrogens is 1. The van der Waals surface area contributed by atoms with Crippen LogP contribution in [0.25, 0.3) is 0 Å². The fraction of sp³-hybridized carbons (Fsp3) is 0.0909. The summed E-state index contributed by atoms with van der Waals surface area (Å²) in [5.41, 5.74) is -0.132. The summed E-state index contributed by atoms with van der Waals surface area (Å²) in [5.74, 6) is -1.27. The molecule has 2 aromatic rings. The van der Waals surface area contributed by atoms with Crippen LogP contribution in [0.15, 0.2) is 18.5 Å². The number of aromatic carboxylic acids is 1. The van der Waals surface area contributed by atoms with Crippen molar-refractivity contribution in [2.45, 2.75) is 6.10 Å². The SMILES string of the molecule is O=C(O)c1nc[nH]c1C(O)c1c(Cl)cc(Cl)cc1Cl. The molecule has 100 valence electrons. The number of aliphatic hydroxyl groups is 1. The first kappa shape index (κ1) is 14.1. The molecule has 1 atom stereocenters. The first-order valence-electron chi connectivity index (χ1n) is 5.01. The van der Waals surface area contributed by atoms with Crippen molar-refractivity contribution < 1.29 is 15.0 Å². The van der Waals surface area contributed by atoms with Crippen molar-refractivity contribution in [3.63, 3.8) is 0 Å². The summed E-state index contributed by atoms with van der Waals surface area (Å²) >= 11 is 17.7. The molecule has 5 nitrogen and oxygen atoms in total. The maximum absolute atomic E-state index is 11.0. The molecule has 3 N–H and O–H groups in total. The van der Waals surface area contributed by atoms with Crippen LogP contribution in [-0.2, 0) is 0 Å². The Bertz CT molecular complexity index is 619. The number of carboxylic acids is 1. The molecule has 0 bridgehead atoms. The Balaban J connectivity index is 2.53. The topological polar surface area (TPSA) is 86.2 Å². The number of halogens is 3. The Morgan fingerprint density at radius 3 is 2.37 bits per heavy atom. The van der Waals surface area contributed by atoms with Crippen LogP contribution in [0.2, 0.25) is 15.1 Å². The van der Waals surface area contributed by atoms with E-state index in [-0.39, 0.29) is 27.0 Å². The molecule has 0 saturated carbocycles. The average molecular weight is 322 g/mol.